The van der Waals surface area contributed by atoms with Gasteiger partial charge in [-0.05, 0) is 23.1 Å². The molecule has 17 heavy (non-hydrogen) atoms. The van der Waals surface area contributed by atoms with Gasteiger partial charge in [-0.1, -0.05) is 26.0 Å². The number of hydrogen-bond acceptors (Lipinski definition) is 3. The van der Waals surface area contributed by atoms with Crippen LogP contribution in [0, 0.1) is 0 Å². The van der Waals surface area contributed by atoms with Crippen molar-refractivity contribution in [2.75, 3.05) is 20.2 Å². The molecule has 0 aromatic heterocycles. The number of β-amino-alcohol motifs (C(OH)–C–C–N with tert-alkyl or cyclic N) is 1. The first-order chi connectivity index (χ1) is 8.04. The Labute approximate surface area is 103 Å². The SMILES string of the molecule is COc1ccc(CC2(O)CNC2)cc1C(C)C. The molecule has 1 saturated heterocycles. The van der Waals surface area contributed by atoms with Crippen LogP contribution >= 0.6 is 0 Å². The van der Waals surface area contributed by atoms with E-state index in [9.17, 15) is 5.11 Å². The first-order valence-corrected chi connectivity index (χ1v) is 6.14. The van der Waals surface area contributed by atoms with Crippen LogP contribution in [0.25, 0.3) is 0 Å². The number of aliphatic hydroxyl groups is 1. The quantitative estimate of drug-likeness (QED) is 0.834. The molecule has 94 valence electrons. The van der Waals surface area contributed by atoms with Crippen molar-refractivity contribution in [2.45, 2.75) is 31.8 Å². The van der Waals surface area contributed by atoms with E-state index in [2.05, 4.69) is 25.2 Å². The van der Waals surface area contributed by atoms with Crippen molar-refractivity contribution >= 4 is 0 Å². The van der Waals surface area contributed by atoms with Crippen molar-refractivity contribution in [3.63, 3.8) is 0 Å². The Morgan fingerprint density at radius 3 is 2.59 bits per heavy atom. The van der Waals surface area contributed by atoms with Gasteiger partial charge in [0.15, 0.2) is 0 Å². The molecule has 1 aliphatic heterocycles. The fraction of sp³-hybridized carbons (Fsp3) is 0.571. The van der Waals surface area contributed by atoms with Gasteiger partial charge >= 0.3 is 0 Å². The van der Waals surface area contributed by atoms with Crippen LogP contribution in [0.5, 0.6) is 5.75 Å². The summed E-state index contributed by atoms with van der Waals surface area (Å²) in [5.41, 5.74) is 1.84. The Morgan fingerprint density at radius 2 is 2.12 bits per heavy atom. The van der Waals surface area contributed by atoms with Gasteiger partial charge in [-0.3, -0.25) is 0 Å². The second-order valence-corrected chi connectivity index (χ2v) is 5.24. The maximum atomic E-state index is 10.1. The Balaban J connectivity index is 2.21. The predicted octanol–water partition coefficient (Wildman–Crippen LogP) is 1.70. The minimum Gasteiger partial charge on any atom is -0.496 e. The number of benzene rings is 1. The van der Waals surface area contributed by atoms with Crippen LogP contribution in [0.4, 0.5) is 0 Å². The van der Waals surface area contributed by atoms with Crippen LogP contribution in [0.15, 0.2) is 18.2 Å². The summed E-state index contributed by atoms with van der Waals surface area (Å²) >= 11 is 0. The lowest BCUT2D eigenvalue weighted by molar-refractivity contribution is -0.00904. The van der Waals surface area contributed by atoms with Gasteiger partial charge < -0.3 is 15.2 Å². The summed E-state index contributed by atoms with van der Waals surface area (Å²) in [5.74, 6) is 1.36. The fourth-order valence-corrected chi connectivity index (χ4v) is 2.26. The van der Waals surface area contributed by atoms with E-state index in [4.69, 9.17) is 4.74 Å². The lowest BCUT2D eigenvalue weighted by Crippen LogP contribution is -2.60. The predicted molar refractivity (Wildman–Crippen MR) is 68.6 cm³/mol. The highest BCUT2D eigenvalue weighted by Crippen LogP contribution is 2.29. The number of methoxy groups -OCH3 is 1. The van der Waals surface area contributed by atoms with Crippen molar-refractivity contribution in [2.24, 2.45) is 0 Å². The molecule has 2 rings (SSSR count). The molecule has 0 spiro atoms. The molecule has 2 N–H and O–H groups in total. The summed E-state index contributed by atoms with van der Waals surface area (Å²) in [6.45, 7) is 5.69. The normalized spacial score (nSPS) is 17.9. The third-order valence-corrected chi connectivity index (χ3v) is 3.36. The summed E-state index contributed by atoms with van der Waals surface area (Å²) in [6, 6.07) is 6.20. The fourth-order valence-electron chi connectivity index (χ4n) is 2.26. The largest absolute Gasteiger partial charge is 0.496 e. The van der Waals surface area contributed by atoms with E-state index < -0.39 is 5.60 Å². The lowest BCUT2D eigenvalue weighted by Gasteiger charge is -2.37. The van der Waals surface area contributed by atoms with Crippen molar-refractivity contribution < 1.29 is 9.84 Å². The standard InChI is InChI=1S/C14H21NO2/c1-10(2)12-6-11(4-5-13(12)17-3)7-14(16)8-15-9-14/h4-6,10,15-16H,7-9H2,1-3H3. The summed E-state index contributed by atoms with van der Waals surface area (Å²) in [7, 11) is 1.70. The van der Waals surface area contributed by atoms with E-state index in [0.717, 1.165) is 5.75 Å². The smallest absolute Gasteiger partial charge is 0.122 e. The van der Waals surface area contributed by atoms with Crippen LogP contribution in [0.2, 0.25) is 0 Å². The first kappa shape index (κ1) is 12.4. The summed E-state index contributed by atoms with van der Waals surface area (Å²) < 4.78 is 5.36. The Bertz CT molecular complexity index is 397. The zero-order valence-corrected chi connectivity index (χ0v) is 10.8. The van der Waals surface area contributed by atoms with Gasteiger partial charge in [0.2, 0.25) is 0 Å². The van der Waals surface area contributed by atoms with Gasteiger partial charge in [0.1, 0.15) is 5.75 Å². The minimum atomic E-state index is -0.553. The van der Waals surface area contributed by atoms with Gasteiger partial charge in [-0.25, -0.2) is 0 Å². The molecular weight excluding hydrogens is 214 g/mol. The highest BCUT2D eigenvalue weighted by Gasteiger charge is 2.34. The zero-order chi connectivity index (χ0) is 12.5. The van der Waals surface area contributed by atoms with E-state index in [1.807, 2.05) is 12.1 Å². The highest BCUT2D eigenvalue weighted by atomic mass is 16.5. The number of nitrogens with one attached hydrogen (secondary N) is 1. The first-order valence-electron chi connectivity index (χ1n) is 6.14. The molecule has 3 nitrogen and oxygen atoms in total. The molecular formula is C14H21NO2. The van der Waals surface area contributed by atoms with E-state index in [0.29, 0.717) is 25.4 Å². The minimum absolute atomic E-state index is 0.430. The zero-order valence-electron chi connectivity index (χ0n) is 10.8. The Hall–Kier alpha value is -1.06. The van der Waals surface area contributed by atoms with Gasteiger partial charge in [-0.15, -0.1) is 0 Å². The van der Waals surface area contributed by atoms with Gasteiger partial charge in [0.25, 0.3) is 0 Å². The molecule has 1 heterocycles. The summed E-state index contributed by atoms with van der Waals surface area (Å²) in [5, 5.41) is 13.2. The maximum absolute atomic E-state index is 10.1. The van der Waals surface area contributed by atoms with E-state index in [1.54, 1.807) is 7.11 Å². The maximum Gasteiger partial charge on any atom is 0.122 e. The number of hydrogen-bond donors (Lipinski definition) is 2. The van der Waals surface area contributed by atoms with E-state index in [-0.39, 0.29) is 0 Å². The van der Waals surface area contributed by atoms with Gasteiger partial charge in [-0.2, -0.15) is 0 Å². The molecule has 1 aliphatic rings. The third-order valence-electron chi connectivity index (χ3n) is 3.36. The second-order valence-electron chi connectivity index (χ2n) is 5.24. The van der Waals surface area contributed by atoms with Crippen LogP contribution in [0.3, 0.4) is 0 Å². The molecule has 1 aromatic carbocycles. The number of ether oxygens (including phenoxy) is 1. The summed E-state index contributed by atoms with van der Waals surface area (Å²) in [6.07, 6.45) is 0.712. The molecule has 1 aromatic rings. The molecule has 0 amide bonds. The average molecular weight is 235 g/mol. The van der Waals surface area contributed by atoms with Crippen molar-refractivity contribution in [1.82, 2.24) is 5.32 Å². The van der Waals surface area contributed by atoms with Crippen LogP contribution in [0.1, 0.15) is 30.9 Å². The molecule has 0 unspecified atom stereocenters. The van der Waals surface area contributed by atoms with Crippen molar-refractivity contribution in [3.05, 3.63) is 29.3 Å². The van der Waals surface area contributed by atoms with Gasteiger partial charge in [0.05, 0.1) is 12.7 Å². The van der Waals surface area contributed by atoms with E-state index in [1.165, 1.54) is 11.1 Å². The topological polar surface area (TPSA) is 41.5 Å². The molecule has 0 radical (unpaired) electrons. The van der Waals surface area contributed by atoms with Crippen molar-refractivity contribution in [1.29, 1.82) is 0 Å². The molecule has 0 aliphatic carbocycles. The van der Waals surface area contributed by atoms with Crippen LogP contribution in [-0.2, 0) is 6.42 Å². The van der Waals surface area contributed by atoms with Gasteiger partial charge in [0, 0.05) is 19.5 Å². The lowest BCUT2D eigenvalue weighted by atomic mass is 9.87. The molecule has 0 saturated carbocycles. The summed E-state index contributed by atoms with van der Waals surface area (Å²) in [4.78, 5) is 0. The second kappa shape index (κ2) is 4.67. The van der Waals surface area contributed by atoms with Crippen LogP contribution < -0.4 is 10.1 Å². The van der Waals surface area contributed by atoms with Crippen LogP contribution in [-0.4, -0.2) is 30.9 Å². The third kappa shape index (κ3) is 2.61. The molecule has 0 atom stereocenters. The molecule has 0 bridgehead atoms. The highest BCUT2D eigenvalue weighted by molar-refractivity contribution is 5.40. The molecule has 1 fully saturated rings. The average Bonchev–Trinajstić information content (AvgIpc) is 2.26. The Morgan fingerprint density at radius 1 is 1.41 bits per heavy atom. The Kier molecular flexibility index (Phi) is 3.40. The number of rotatable bonds is 4. The monoisotopic (exact) mass is 235 g/mol. The van der Waals surface area contributed by atoms with E-state index >= 15 is 0 Å². The van der Waals surface area contributed by atoms with Crippen molar-refractivity contribution in [3.8, 4) is 5.75 Å². The molecule has 3 heteroatoms.